The van der Waals surface area contributed by atoms with E-state index in [-0.39, 0.29) is 17.8 Å². The van der Waals surface area contributed by atoms with Gasteiger partial charge < -0.3 is 20.0 Å². The van der Waals surface area contributed by atoms with E-state index < -0.39 is 0 Å². The van der Waals surface area contributed by atoms with Crippen LogP contribution >= 0.6 is 0 Å². The van der Waals surface area contributed by atoms with E-state index in [1.807, 2.05) is 12.1 Å². The number of hydrogen-bond donors (Lipinski definition) is 1. The van der Waals surface area contributed by atoms with Crippen LogP contribution in [0.3, 0.4) is 0 Å². The highest BCUT2D eigenvalue weighted by Crippen LogP contribution is 2.22. The zero-order valence-electron chi connectivity index (χ0n) is 15.6. The minimum atomic E-state index is -0.312. The third-order valence-electron chi connectivity index (χ3n) is 5.09. The van der Waals surface area contributed by atoms with Crippen LogP contribution in [-0.2, 0) is 14.4 Å². The SMILES string of the molecule is CC(=O)ON1CCC(C(=O)Nc2ccc(N3CCN(C)CC3)cc2)CC1. The van der Waals surface area contributed by atoms with Crippen molar-refractivity contribution < 1.29 is 14.4 Å². The summed E-state index contributed by atoms with van der Waals surface area (Å²) in [6.45, 7) is 6.80. The zero-order valence-corrected chi connectivity index (χ0v) is 15.6. The van der Waals surface area contributed by atoms with Gasteiger partial charge in [-0.1, -0.05) is 0 Å². The van der Waals surface area contributed by atoms with E-state index >= 15 is 0 Å². The van der Waals surface area contributed by atoms with Crippen molar-refractivity contribution in [3.05, 3.63) is 24.3 Å². The van der Waals surface area contributed by atoms with E-state index in [4.69, 9.17) is 4.84 Å². The second kappa shape index (κ2) is 8.51. The molecular weight excluding hydrogens is 332 g/mol. The molecule has 2 saturated heterocycles. The Morgan fingerprint density at radius 3 is 2.19 bits per heavy atom. The Labute approximate surface area is 154 Å². The number of hydrogen-bond acceptors (Lipinski definition) is 6. The molecule has 1 amide bonds. The molecule has 1 aromatic carbocycles. The normalized spacial score (nSPS) is 20.0. The summed E-state index contributed by atoms with van der Waals surface area (Å²) in [5.41, 5.74) is 2.03. The van der Waals surface area contributed by atoms with Crippen LogP contribution < -0.4 is 10.2 Å². The Kier molecular flexibility index (Phi) is 6.11. The monoisotopic (exact) mass is 360 g/mol. The van der Waals surface area contributed by atoms with E-state index in [2.05, 4.69) is 34.3 Å². The first-order chi connectivity index (χ1) is 12.5. The highest BCUT2D eigenvalue weighted by atomic mass is 16.7. The number of rotatable bonds is 4. The highest BCUT2D eigenvalue weighted by molar-refractivity contribution is 5.92. The predicted octanol–water partition coefficient (Wildman–Crippen LogP) is 1.57. The van der Waals surface area contributed by atoms with Gasteiger partial charge in [-0.25, -0.2) is 0 Å². The molecule has 0 atom stereocenters. The van der Waals surface area contributed by atoms with Gasteiger partial charge in [-0.05, 0) is 44.2 Å². The molecule has 1 N–H and O–H groups in total. The standard InChI is InChI=1S/C19H28N4O3/c1-15(24)26-23-9-7-16(8-10-23)19(25)20-17-3-5-18(6-4-17)22-13-11-21(2)12-14-22/h3-6,16H,7-14H2,1-2H3,(H,20,25). The lowest BCUT2D eigenvalue weighted by Gasteiger charge is -2.34. The molecule has 142 valence electrons. The fourth-order valence-corrected chi connectivity index (χ4v) is 3.46. The van der Waals surface area contributed by atoms with Crippen molar-refractivity contribution in [2.24, 2.45) is 5.92 Å². The number of piperazine rings is 1. The van der Waals surface area contributed by atoms with Gasteiger partial charge in [0, 0.05) is 63.5 Å². The first-order valence-corrected chi connectivity index (χ1v) is 9.29. The zero-order chi connectivity index (χ0) is 18.5. The van der Waals surface area contributed by atoms with Crippen LogP contribution in [0.15, 0.2) is 24.3 Å². The molecular formula is C19H28N4O3. The molecule has 7 heteroatoms. The third kappa shape index (κ3) is 4.95. The number of piperidine rings is 1. The first-order valence-electron chi connectivity index (χ1n) is 9.29. The molecule has 0 bridgehead atoms. The summed E-state index contributed by atoms with van der Waals surface area (Å²) in [6, 6.07) is 8.09. The number of likely N-dealkylation sites (N-methyl/N-ethyl adjacent to an activating group) is 1. The van der Waals surface area contributed by atoms with Crippen molar-refractivity contribution in [3.63, 3.8) is 0 Å². The molecule has 0 aliphatic carbocycles. The second-order valence-electron chi connectivity index (χ2n) is 7.11. The number of anilines is 2. The average Bonchev–Trinajstić information content (AvgIpc) is 2.63. The average molecular weight is 360 g/mol. The van der Waals surface area contributed by atoms with Crippen molar-refractivity contribution in [1.82, 2.24) is 9.96 Å². The van der Waals surface area contributed by atoms with Crippen molar-refractivity contribution >= 4 is 23.3 Å². The molecule has 2 heterocycles. The van der Waals surface area contributed by atoms with E-state index in [9.17, 15) is 9.59 Å². The molecule has 26 heavy (non-hydrogen) atoms. The molecule has 2 aliphatic heterocycles. The van der Waals surface area contributed by atoms with Crippen LogP contribution in [0.5, 0.6) is 0 Å². The lowest BCUT2D eigenvalue weighted by atomic mass is 9.97. The number of hydroxylamine groups is 2. The Balaban J connectivity index is 1.48. The van der Waals surface area contributed by atoms with Crippen molar-refractivity contribution in [3.8, 4) is 0 Å². The number of nitrogens with zero attached hydrogens (tertiary/aromatic N) is 3. The summed E-state index contributed by atoms with van der Waals surface area (Å²) in [7, 11) is 2.15. The molecule has 7 nitrogen and oxygen atoms in total. The minimum Gasteiger partial charge on any atom is -0.369 e. The molecule has 0 spiro atoms. The molecule has 2 fully saturated rings. The van der Waals surface area contributed by atoms with Gasteiger partial charge in [-0.2, -0.15) is 0 Å². The Bertz CT molecular complexity index is 618. The summed E-state index contributed by atoms with van der Waals surface area (Å²) in [5, 5.41) is 4.65. The fraction of sp³-hybridized carbons (Fsp3) is 0.579. The van der Waals surface area contributed by atoms with Crippen LogP contribution in [0, 0.1) is 5.92 Å². The second-order valence-corrected chi connectivity index (χ2v) is 7.11. The van der Waals surface area contributed by atoms with E-state index in [0.29, 0.717) is 25.9 Å². The van der Waals surface area contributed by atoms with Gasteiger partial charge in [0.25, 0.3) is 0 Å². The number of nitrogens with one attached hydrogen (secondary N) is 1. The van der Waals surface area contributed by atoms with Gasteiger partial charge in [0.2, 0.25) is 5.91 Å². The molecule has 0 unspecified atom stereocenters. The molecule has 2 aliphatic rings. The summed E-state index contributed by atoms with van der Waals surface area (Å²) >= 11 is 0. The number of carbonyl (C=O) groups excluding carboxylic acids is 2. The quantitative estimate of drug-likeness (QED) is 0.879. The van der Waals surface area contributed by atoms with E-state index in [1.165, 1.54) is 12.6 Å². The summed E-state index contributed by atoms with van der Waals surface area (Å²) in [5.74, 6) is -0.313. The Hall–Kier alpha value is -2.12. The first kappa shape index (κ1) is 18.7. The van der Waals surface area contributed by atoms with E-state index in [0.717, 1.165) is 31.9 Å². The van der Waals surface area contributed by atoms with Crippen molar-refractivity contribution in [2.45, 2.75) is 19.8 Å². The van der Waals surface area contributed by atoms with Gasteiger partial charge in [0.1, 0.15) is 0 Å². The summed E-state index contributed by atoms with van der Waals surface area (Å²) < 4.78 is 0. The predicted molar refractivity (Wildman–Crippen MR) is 101 cm³/mol. The van der Waals surface area contributed by atoms with E-state index in [1.54, 1.807) is 5.06 Å². The minimum absolute atomic E-state index is 0.0415. The van der Waals surface area contributed by atoms with Crippen LogP contribution in [0.25, 0.3) is 0 Å². The molecule has 0 saturated carbocycles. The fourth-order valence-electron chi connectivity index (χ4n) is 3.46. The Morgan fingerprint density at radius 1 is 1.00 bits per heavy atom. The van der Waals surface area contributed by atoms with Crippen LogP contribution in [0.2, 0.25) is 0 Å². The number of carbonyl (C=O) groups is 2. The topological polar surface area (TPSA) is 65.1 Å². The Morgan fingerprint density at radius 2 is 1.62 bits per heavy atom. The van der Waals surface area contributed by atoms with Crippen molar-refractivity contribution in [1.29, 1.82) is 0 Å². The molecule has 0 aromatic heterocycles. The van der Waals surface area contributed by atoms with Gasteiger partial charge in [0.05, 0.1) is 0 Å². The van der Waals surface area contributed by atoms with Crippen LogP contribution in [0.1, 0.15) is 19.8 Å². The summed E-state index contributed by atoms with van der Waals surface area (Å²) in [6.07, 6.45) is 1.39. The number of amides is 1. The van der Waals surface area contributed by atoms with Gasteiger partial charge in [-0.15, -0.1) is 5.06 Å². The van der Waals surface area contributed by atoms with Crippen molar-refractivity contribution in [2.75, 3.05) is 56.5 Å². The molecule has 1 aromatic rings. The maximum atomic E-state index is 12.5. The molecule has 3 rings (SSSR count). The summed E-state index contributed by atoms with van der Waals surface area (Å²) in [4.78, 5) is 33.2. The van der Waals surface area contributed by atoms with Gasteiger partial charge in [-0.3, -0.25) is 9.59 Å². The van der Waals surface area contributed by atoms with Crippen LogP contribution in [-0.4, -0.2) is 68.2 Å². The smallest absolute Gasteiger partial charge is 0.322 e. The molecule has 0 radical (unpaired) electrons. The maximum absolute atomic E-state index is 12.5. The lowest BCUT2D eigenvalue weighted by Crippen LogP contribution is -2.44. The highest BCUT2D eigenvalue weighted by Gasteiger charge is 2.26. The number of benzene rings is 1. The maximum Gasteiger partial charge on any atom is 0.322 e. The van der Waals surface area contributed by atoms with Gasteiger partial charge in [0.15, 0.2) is 0 Å². The van der Waals surface area contributed by atoms with Crippen LogP contribution in [0.4, 0.5) is 11.4 Å². The lowest BCUT2D eigenvalue weighted by molar-refractivity contribution is -0.193. The van der Waals surface area contributed by atoms with Gasteiger partial charge >= 0.3 is 5.97 Å². The largest absolute Gasteiger partial charge is 0.369 e. The third-order valence-corrected chi connectivity index (χ3v) is 5.09.